The quantitative estimate of drug-likeness (QED) is 0.717. The lowest BCUT2D eigenvalue weighted by Crippen LogP contribution is -2.60. The van der Waals surface area contributed by atoms with Crippen molar-refractivity contribution >= 4 is 17.3 Å². The Morgan fingerprint density at radius 1 is 1.08 bits per heavy atom. The van der Waals surface area contributed by atoms with Crippen molar-refractivity contribution in [3.05, 3.63) is 70.8 Å². The zero-order valence-corrected chi connectivity index (χ0v) is 15.7. The number of hydrogen-bond donors (Lipinski definition) is 1. The summed E-state index contributed by atoms with van der Waals surface area (Å²) in [6.07, 6.45) is 6.82. The molecule has 3 nitrogen and oxygen atoms in total. The van der Waals surface area contributed by atoms with Gasteiger partial charge in [-0.2, -0.15) is 5.01 Å². The summed E-state index contributed by atoms with van der Waals surface area (Å²) in [5, 5.41) is 3.11. The fourth-order valence-corrected chi connectivity index (χ4v) is 4.60. The first-order valence-electron chi connectivity index (χ1n) is 9.46. The van der Waals surface area contributed by atoms with Crippen LogP contribution in [0.15, 0.2) is 54.6 Å². The van der Waals surface area contributed by atoms with Gasteiger partial charge in [0.15, 0.2) is 5.72 Å². The van der Waals surface area contributed by atoms with Crippen LogP contribution in [0.3, 0.4) is 0 Å². The highest BCUT2D eigenvalue weighted by molar-refractivity contribution is 6.30. The molecule has 3 aliphatic rings. The van der Waals surface area contributed by atoms with Gasteiger partial charge in [0.05, 0.1) is 11.7 Å². The minimum Gasteiger partial charge on any atom is -0.471 e. The van der Waals surface area contributed by atoms with E-state index in [-0.39, 0.29) is 11.8 Å². The topological polar surface area (TPSA) is 24.5 Å². The van der Waals surface area contributed by atoms with Crippen LogP contribution in [0.25, 0.3) is 5.70 Å². The molecule has 134 valence electrons. The molecule has 4 heteroatoms. The number of para-hydroxylation sites is 1. The summed E-state index contributed by atoms with van der Waals surface area (Å²) in [5.41, 5.74) is 6.92. The van der Waals surface area contributed by atoms with Crippen molar-refractivity contribution in [3.8, 4) is 5.75 Å². The average molecular weight is 367 g/mol. The molecule has 1 N–H and O–H groups in total. The fraction of sp³-hybridized carbons (Fsp3) is 0.364. The first kappa shape index (κ1) is 16.2. The van der Waals surface area contributed by atoms with E-state index in [9.17, 15) is 0 Å². The molecule has 5 rings (SSSR count). The first-order chi connectivity index (χ1) is 12.6. The lowest BCUT2D eigenvalue weighted by atomic mass is 9.82. The molecule has 1 aliphatic carbocycles. The zero-order chi connectivity index (χ0) is 17.7. The summed E-state index contributed by atoms with van der Waals surface area (Å²) in [6, 6.07) is 16.7. The van der Waals surface area contributed by atoms with E-state index < -0.39 is 0 Å². The van der Waals surface area contributed by atoms with Crippen molar-refractivity contribution in [2.24, 2.45) is 5.92 Å². The van der Waals surface area contributed by atoms with Gasteiger partial charge >= 0.3 is 0 Å². The summed E-state index contributed by atoms with van der Waals surface area (Å²) >= 11 is 6.07. The highest BCUT2D eigenvalue weighted by atomic mass is 35.5. The highest BCUT2D eigenvalue weighted by Gasteiger charge is 2.51. The normalized spacial score (nSPS) is 30.2. The van der Waals surface area contributed by atoms with Gasteiger partial charge in [-0.3, -0.25) is 0 Å². The van der Waals surface area contributed by atoms with E-state index in [0.717, 1.165) is 40.8 Å². The van der Waals surface area contributed by atoms with Crippen molar-refractivity contribution in [3.63, 3.8) is 0 Å². The number of nitrogens with zero attached hydrogens (tertiary/aromatic N) is 1. The van der Waals surface area contributed by atoms with E-state index in [1.165, 1.54) is 18.4 Å². The minimum atomic E-state index is -0.268. The second kappa shape index (κ2) is 6.04. The van der Waals surface area contributed by atoms with E-state index in [2.05, 4.69) is 59.8 Å². The number of hydrogen-bond acceptors (Lipinski definition) is 3. The maximum atomic E-state index is 6.63. The largest absolute Gasteiger partial charge is 0.471 e. The third-order valence-corrected chi connectivity index (χ3v) is 6.28. The predicted molar refractivity (Wildman–Crippen MR) is 105 cm³/mol. The molecule has 1 atom stereocenters. The lowest BCUT2D eigenvalue weighted by molar-refractivity contribution is -0.155. The lowest BCUT2D eigenvalue weighted by Gasteiger charge is -2.51. The summed E-state index contributed by atoms with van der Waals surface area (Å²) in [5.74, 6) is 1.80. The molecule has 1 fully saturated rings. The van der Waals surface area contributed by atoms with Gasteiger partial charge in [0.25, 0.3) is 0 Å². The number of rotatable bonds is 1. The Bertz CT molecular complexity index is 853. The van der Waals surface area contributed by atoms with Gasteiger partial charge in [0.2, 0.25) is 0 Å². The molecule has 0 radical (unpaired) electrons. The van der Waals surface area contributed by atoms with Gasteiger partial charge in [0.1, 0.15) is 5.75 Å². The van der Waals surface area contributed by atoms with E-state index in [1.54, 1.807) is 0 Å². The van der Waals surface area contributed by atoms with Crippen LogP contribution in [0.5, 0.6) is 5.75 Å². The summed E-state index contributed by atoms with van der Waals surface area (Å²) in [4.78, 5) is 0. The molecule has 2 aliphatic heterocycles. The smallest absolute Gasteiger partial charge is 0.180 e. The fourth-order valence-electron chi connectivity index (χ4n) is 4.47. The Morgan fingerprint density at radius 2 is 1.81 bits per heavy atom. The molecule has 0 aromatic heterocycles. The summed E-state index contributed by atoms with van der Waals surface area (Å²) in [7, 11) is 0. The van der Waals surface area contributed by atoms with Crippen LogP contribution in [0.1, 0.15) is 49.8 Å². The number of nitrogens with one attached hydrogen (secondary N) is 1. The highest BCUT2D eigenvalue weighted by Crippen LogP contribution is 2.50. The van der Waals surface area contributed by atoms with Crippen molar-refractivity contribution in [2.75, 3.05) is 0 Å². The van der Waals surface area contributed by atoms with Gasteiger partial charge in [-0.05, 0) is 48.6 Å². The molecule has 2 heterocycles. The Balaban J connectivity index is 1.56. The minimum absolute atomic E-state index is 0.194. The molecular weight excluding hydrogens is 344 g/mol. The molecule has 1 saturated carbocycles. The summed E-state index contributed by atoms with van der Waals surface area (Å²) < 4.78 is 6.63. The van der Waals surface area contributed by atoms with Crippen LogP contribution in [-0.4, -0.2) is 10.7 Å². The van der Waals surface area contributed by atoms with E-state index >= 15 is 0 Å². The standard InChI is InChI=1S/C22H23ClN2O/c1-15-10-12-22(13-11-15)25-20(18-4-2-3-5-21(18)26-22)14-19(24-25)16-6-8-17(23)9-7-16/h2-9,14-15,20,24H,10-13H2,1H3/t15?,20-,22?/m1/s1. The van der Waals surface area contributed by atoms with Gasteiger partial charge in [-0.15, -0.1) is 0 Å². The Hall–Kier alpha value is -1.97. The van der Waals surface area contributed by atoms with E-state index in [4.69, 9.17) is 16.3 Å². The second-order valence-electron chi connectivity index (χ2n) is 7.78. The van der Waals surface area contributed by atoms with Gasteiger partial charge in [0, 0.05) is 23.4 Å². The van der Waals surface area contributed by atoms with E-state index in [1.807, 2.05) is 12.1 Å². The maximum absolute atomic E-state index is 6.63. The van der Waals surface area contributed by atoms with Crippen molar-refractivity contribution in [1.82, 2.24) is 10.4 Å². The predicted octanol–water partition coefficient (Wildman–Crippen LogP) is 5.54. The third-order valence-electron chi connectivity index (χ3n) is 6.03. The molecule has 26 heavy (non-hydrogen) atoms. The third kappa shape index (κ3) is 2.53. The van der Waals surface area contributed by atoms with Crippen LogP contribution in [0.4, 0.5) is 0 Å². The first-order valence-corrected chi connectivity index (χ1v) is 9.84. The number of fused-ring (bicyclic) bond motifs is 4. The molecule has 2 aromatic rings. The van der Waals surface area contributed by atoms with Crippen LogP contribution < -0.4 is 10.2 Å². The zero-order valence-electron chi connectivity index (χ0n) is 14.9. The average Bonchev–Trinajstić information content (AvgIpc) is 3.12. The van der Waals surface area contributed by atoms with Gasteiger partial charge < -0.3 is 10.2 Å². The van der Waals surface area contributed by atoms with Crippen molar-refractivity contribution in [2.45, 2.75) is 44.4 Å². The second-order valence-corrected chi connectivity index (χ2v) is 8.22. The molecule has 1 spiro atoms. The Morgan fingerprint density at radius 3 is 2.58 bits per heavy atom. The van der Waals surface area contributed by atoms with Gasteiger partial charge in [-0.1, -0.05) is 48.9 Å². The Labute approximate surface area is 159 Å². The molecular formula is C22H23ClN2O. The SMILES string of the molecule is CC1CCC2(CC1)Oc1ccccc1[C@H]1C=C(c3ccc(Cl)cc3)NN12. The van der Waals surface area contributed by atoms with Crippen molar-refractivity contribution in [1.29, 1.82) is 0 Å². The number of hydrazine groups is 1. The van der Waals surface area contributed by atoms with Gasteiger partial charge in [-0.25, -0.2) is 0 Å². The molecule has 2 aromatic carbocycles. The van der Waals surface area contributed by atoms with Crippen LogP contribution in [0, 0.1) is 5.92 Å². The van der Waals surface area contributed by atoms with Crippen LogP contribution in [0.2, 0.25) is 5.02 Å². The van der Waals surface area contributed by atoms with Crippen LogP contribution in [-0.2, 0) is 0 Å². The monoisotopic (exact) mass is 366 g/mol. The number of ether oxygens (including phenoxy) is 1. The van der Waals surface area contributed by atoms with Crippen molar-refractivity contribution < 1.29 is 4.74 Å². The molecule has 0 amide bonds. The Kier molecular flexibility index (Phi) is 3.77. The van der Waals surface area contributed by atoms with Crippen LogP contribution >= 0.6 is 11.6 Å². The summed E-state index contributed by atoms with van der Waals surface area (Å²) in [6.45, 7) is 2.34. The number of halogens is 1. The molecule has 0 bridgehead atoms. The van der Waals surface area contributed by atoms with E-state index in [0.29, 0.717) is 0 Å². The number of benzene rings is 2. The molecule has 0 saturated heterocycles. The molecule has 0 unspecified atom stereocenters. The maximum Gasteiger partial charge on any atom is 0.180 e.